The molecule has 1 aromatic rings. The van der Waals surface area contributed by atoms with E-state index in [-0.39, 0.29) is 5.97 Å². The van der Waals surface area contributed by atoms with Crippen molar-refractivity contribution in [2.75, 3.05) is 0 Å². The van der Waals surface area contributed by atoms with Crippen LogP contribution in [0, 0.1) is 0 Å². The Morgan fingerprint density at radius 3 is 2.42 bits per heavy atom. The summed E-state index contributed by atoms with van der Waals surface area (Å²) in [6.07, 6.45) is 10.8. The zero-order valence-corrected chi connectivity index (χ0v) is 16.9. The zero-order chi connectivity index (χ0) is 18.0. The summed E-state index contributed by atoms with van der Waals surface area (Å²) < 4.78 is 6.50. The Labute approximate surface area is 155 Å². The van der Waals surface area contributed by atoms with Crippen molar-refractivity contribution in [3.8, 4) is 0 Å². The fraction of sp³-hybridized carbons (Fsp3) is 0.476. The van der Waals surface area contributed by atoms with E-state index in [1.165, 1.54) is 11.1 Å². The van der Waals surface area contributed by atoms with E-state index in [1.54, 1.807) is 0 Å². The van der Waals surface area contributed by atoms with Crippen LogP contribution in [0.4, 0.5) is 0 Å². The molecular formula is C21H29BrO2. The molecule has 0 saturated heterocycles. The third-order valence-electron chi connectivity index (χ3n) is 3.31. The lowest BCUT2D eigenvalue weighted by Gasteiger charge is -2.20. The van der Waals surface area contributed by atoms with Crippen LogP contribution in [0.25, 0.3) is 6.08 Å². The van der Waals surface area contributed by atoms with E-state index >= 15 is 0 Å². The Morgan fingerprint density at radius 1 is 1.17 bits per heavy atom. The highest BCUT2D eigenvalue weighted by Crippen LogP contribution is 2.17. The highest BCUT2D eigenvalue weighted by Gasteiger charge is 2.16. The third-order valence-corrected chi connectivity index (χ3v) is 3.84. The quantitative estimate of drug-likeness (QED) is 0.279. The monoisotopic (exact) mass is 392 g/mol. The van der Waals surface area contributed by atoms with E-state index in [9.17, 15) is 4.79 Å². The average molecular weight is 393 g/mol. The molecule has 0 amide bonds. The van der Waals surface area contributed by atoms with E-state index in [4.69, 9.17) is 4.74 Å². The lowest BCUT2D eigenvalue weighted by atomic mass is 10.0. The van der Waals surface area contributed by atoms with Gasteiger partial charge in [0, 0.05) is 4.47 Å². The summed E-state index contributed by atoms with van der Waals surface area (Å²) >= 11 is 3.44. The largest absolute Gasteiger partial charge is 0.460 e. The summed E-state index contributed by atoms with van der Waals surface area (Å²) in [5.74, 6) is -0.132. The summed E-state index contributed by atoms with van der Waals surface area (Å²) in [4.78, 5) is 12.0. The molecule has 0 N–H and O–H groups in total. The van der Waals surface area contributed by atoms with Gasteiger partial charge in [0.15, 0.2) is 0 Å². The Kier molecular flexibility index (Phi) is 9.05. The molecule has 0 aliphatic heterocycles. The van der Waals surface area contributed by atoms with E-state index in [2.05, 4.69) is 53.2 Å². The lowest BCUT2D eigenvalue weighted by Crippen LogP contribution is -2.24. The molecule has 0 aromatic heterocycles. The third kappa shape index (κ3) is 9.71. The predicted molar refractivity (Wildman–Crippen MR) is 106 cm³/mol. The van der Waals surface area contributed by atoms with Crippen LogP contribution >= 0.6 is 15.9 Å². The van der Waals surface area contributed by atoms with E-state index in [0.717, 1.165) is 30.2 Å². The van der Waals surface area contributed by atoms with E-state index in [0.29, 0.717) is 6.42 Å². The summed E-state index contributed by atoms with van der Waals surface area (Å²) in [5.41, 5.74) is 1.97. The fourth-order valence-corrected chi connectivity index (χ4v) is 2.59. The van der Waals surface area contributed by atoms with Gasteiger partial charge in [-0.15, -0.1) is 0 Å². The van der Waals surface area contributed by atoms with Crippen LogP contribution in [-0.2, 0) is 9.53 Å². The predicted octanol–water partition coefficient (Wildman–Crippen LogP) is 6.70. The van der Waals surface area contributed by atoms with E-state index < -0.39 is 5.60 Å². The van der Waals surface area contributed by atoms with Crippen LogP contribution in [0.15, 0.2) is 46.5 Å². The molecule has 0 aliphatic carbocycles. The first-order valence-electron chi connectivity index (χ1n) is 8.62. The number of hydrogen-bond donors (Lipinski definition) is 0. The Hall–Kier alpha value is -1.35. The minimum atomic E-state index is -0.415. The highest BCUT2D eigenvalue weighted by atomic mass is 79.9. The van der Waals surface area contributed by atoms with Crippen LogP contribution in [0.2, 0.25) is 0 Å². The minimum Gasteiger partial charge on any atom is -0.460 e. The molecule has 2 nitrogen and oxygen atoms in total. The molecule has 0 saturated carbocycles. The summed E-state index contributed by atoms with van der Waals surface area (Å²) in [5, 5.41) is 0. The molecule has 0 radical (unpaired) electrons. The first-order valence-corrected chi connectivity index (χ1v) is 9.41. The highest BCUT2D eigenvalue weighted by molar-refractivity contribution is 9.10. The molecule has 0 atom stereocenters. The van der Waals surface area contributed by atoms with Crippen molar-refractivity contribution in [3.63, 3.8) is 0 Å². The molecule has 132 valence electrons. The SMILES string of the molecule is CCC/C(=C\CC/C=C/c1ccc(Br)cc1)CC(=O)OC(C)(C)C. The lowest BCUT2D eigenvalue weighted by molar-refractivity contribution is -0.153. The van der Waals surface area contributed by atoms with Gasteiger partial charge in [-0.2, -0.15) is 0 Å². The number of ether oxygens (including phenoxy) is 1. The molecule has 24 heavy (non-hydrogen) atoms. The van der Waals surface area contributed by atoms with Crippen molar-refractivity contribution in [2.45, 2.75) is 65.4 Å². The summed E-state index contributed by atoms with van der Waals surface area (Å²) in [6.45, 7) is 7.85. The summed E-state index contributed by atoms with van der Waals surface area (Å²) in [7, 11) is 0. The second-order valence-electron chi connectivity index (χ2n) is 6.91. The number of hydrogen-bond acceptors (Lipinski definition) is 2. The van der Waals surface area contributed by atoms with Crippen molar-refractivity contribution < 1.29 is 9.53 Å². The van der Waals surface area contributed by atoms with Crippen LogP contribution in [0.5, 0.6) is 0 Å². The Balaban J connectivity index is 2.47. The van der Waals surface area contributed by atoms with Crippen LogP contribution in [0.3, 0.4) is 0 Å². The maximum atomic E-state index is 12.0. The van der Waals surface area contributed by atoms with Crippen LogP contribution < -0.4 is 0 Å². The molecule has 0 unspecified atom stereocenters. The molecule has 1 aromatic carbocycles. The number of benzene rings is 1. The van der Waals surface area contributed by atoms with Crippen molar-refractivity contribution >= 4 is 28.0 Å². The molecule has 1 rings (SSSR count). The number of carbonyl (C=O) groups excluding carboxylic acids is 1. The average Bonchev–Trinajstić information content (AvgIpc) is 2.47. The second-order valence-corrected chi connectivity index (χ2v) is 7.82. The van der Waals surface area contributed by atoms with Gasteiger partial charge >= 0.3 is 5.97 Å². The molecule has 0 aliphatic rings. The minimum absolute atomic E-state index is 0.132. The van der Waals surface area contributed by atoms with Gasteiger partial charge in [-0.25, -0.2) is 0 Å². The molecular weight excluding hydrogens is 364 g/mol. The van der Waals surface area contributed by atoms with Crippen molar-refractivity contribution in [1.82, 2.24) is 0 Å². The van der Waals surface area contributed by atoms with Crippen molar-refractivity contribution in [1.29, 1.82) is 0 Å². The van der Waals surface area contributed by atoms with Crippen LogP contribution in [0.1, 0.15) is 65.4 Å². The maximum Gasteiger partial charge on any atom is 0.310 e. The number of rotatable bonds is 8. The Morgan fingerprint density at radius 2 is 1.83 bits per heavy atom. The molecule has 0 bridgehead atoms. The van der Waals surface area contributed by atoms with Crippen LogP contribution in [-0.4, -0.2) is 11.6 Å². The number of unbranched alkanes of at least 4 members (excludes halogenated alkanes) is 1. The summed E-state index contributed by atoms with van der Waals surface area (Å²) in [6, 6.07) is 8.25. The van der Waals surface area contributed by atoms with Gasteiger partial charge in [0.05, 0.1) is 6.42 Å². The fourth-order valence-electron chi connectivity index (χ4n) is 2.32. The van der Waals surface area contributed by atoms with Gasteiger partial charge in [-0.05, 0) is 57.7 Å². The maximum absolute atomic E-state index is 12.0. The number of carbonyl (C=O) groups is 1. The number of esters is 1. The standard InChI is InChI=1S/C21H29BrO2/c1-5-9-18(16-20(23)24-21(2,3)4)11-8-6-7-10-17-12-14-19(22)15-13-17/h7,10-15H,5-6,8-9,16H2,1-4H3/b10-7+,18-11+. The van der Waals surface area contributed by atoms with Gasteiger partial charge in [0.1, 0.15) is 5.60 Å². The molecule has 3 heteroatoms. The normalized spacial score (nSPS) is 12.6. The number of halogens is 1. The van der Waals surface area contributed by atoms with Gasteiger partial charge in [-0.3, -0.25) is 4.79 Å². The van der Waals surface area contributed by atoms with Gasteiger partial charge in [-0.1, -0.05) is 65.2 Å². The topological polar surface area (TPSA) is 26.3 Å². The van der Waals surface area contributed by atoms with Gasteiger partial charge < -0.3 is 4.74 Å². The smallest absolute Gasteiger partial charge is 0.310 e. The van der Waals surface area contributed by atoms with Crippen molar-refractivity contribution in [2.24, 2.45) is 0 Å². The molecule has 0 fully saturated rings. The van der Waals surface area contributed by atoms with Gasteiger partial charge in [0.25, 0.3) is 0 Å². The molecule has 0 heterocycles. The first kappa shape index (κ1) is 20.7. The Bertz CT molecular complexity index is 562. The van der Waals surface area contributed by atoms with Crippen molar-refractivity contribution in [3.05, 3.63) is 52.0 Å². The van der Waals surface area contributed by atoms with E-state index in [1.807, 2.05) is 32.9 Å². The molecule has 0 spiro atoms. The number of allylic oxidation sites excluding steroid dienone is 2. The first-order chi connectivity index (χ1) is 11.3. The van der Waals surface area contributed by atoms with Gasteiger partial charge in [0.2, 0.25) is 0 Å². The second kappa shape index (κ2) is 10.5. The zero-order valence-electron chi connectivity index (χ0n) is 15.3.